The van der Waals surface area contributed by atoms with E-state index in [1.165, 1.54) is 11.6 Å². The SMILES string of the molecule is CCNCCc1c[nH]c2nc(F)ccc12. The average molecular weight is 207 g/mol. The van der Waals surface area contributed by atoms with Gasteiger partial charge in [-0.25, -0.2) is 4.98 Å². The number of nitrogens with one attached hydrogen (secondary N) is 2. The van der Waals surface area contributed by atoms with E-state index >= 15 is 0 Å². The van der Waals surface area contributed by atoms with Gasteiger partial charge in [0, 0.05) is 11.6 Å². The summed E-state index contributed by atoms with van der Waals surface area (Å²) in [7, 11) is 0. The lowest BCUT2D eigenvalue weighted by molar-refractivity contribution is 0.588. The highest BCUT2D eigenvalue weighted by molar-refractivity contribution is 5.79. The van der Waals surface area contributed by atoms with Gasteiger partial charge in [0.05, 0.1) is 0 Å². The van der Waals surface area contributed by atoms with Crippen LogP contribution >= 0.6 is 0 Å². The molecule has 0 fully saturated rings. The van der Waals surface area contributed by atoms with Crippen LogP contribution in [0.2, 0.25) is 0 Å². The van der Waals surface area contributed by atoms with Gasteiger partial charge in [-0.2, -0.15) is 4.39 Å². The summed E-state index contributed by atoms with van der Waals surface area (Å²) in [6, 6.07) is 3.17. The number of rotatable bonds is 4. The number of pyridine rings is 1. The van der Waals surface area contributed by atoms with E-state index in [1.807, 2.05) is 6.20 Å². The minimum Gasteiger partial charge on any atom is -0.346 e. The summed E-state index contributed by atoms with van der Waals surface area (Å²) in [6.07, 6.45) is 2.83. The molecular weight excluding hydrogens is 193 g/mol. The molecule has 0 saturated heterocycles. The van der Waals surface area contributed by atoms with Gasteiger partial charge in [0.25, 0.3) is 0 Å². The van der Waals surface area contributed by atoms with Crippen molar-refractivity contribution in [1.82, 2.24) is 15.3 Å². The quantitative estimate of drug-likeness (QED) is 0.593. The van der Waals surface area contributed by atoms with Crippen molar-refractivity contribution in [3.63, 3.8) is 0 Å². The zero-order chi connectivity index (χ0) is 10.7. The summed E-state index contributed by atoms with van der Waals surface area (Å²) in [6.45, 7) is 3.97. The number of aromatic amines is 1. The van der Waals surface area contributed by atoms with Gasteiger partial charge in [-0.1, -0.05) is 6.92 Å². The maximum absolute atomic E-state index is 12.8. The van der Waals surface area contributed by atoms with E-state index in [0.717, 1.165) is 24.9 Å². The predicted molar refractivity (Wildman–Crippen MR) is 58.3 cm³/mol. The van der Waals surface area contributed by atoms with E-state index in [-0.39, 0.29) is 0 Å². The molecule has 0 amide bonds. The third kappa shape index (κ3) is 2.15. The summed E-state index contributed by atoms with van der Waals surface area (Å²) in [4.78, 5) is 6.76. The number of likely N-dealkylation sites (N-methyl/N-ethyl adjacent to an activating group) is 1. The highest BCUT2D eigenvalue weighted by atomic mass is 19.1. The molecule has 2 heterocycles. The summed E-state index contributed by atoms with van der Waals surface area (Å²) < 4.78 is 12.8. The summed E-state index contributed by atoms with van der Waals surface area (Å²) in [5.41, 5.74) is 1.81. The molecule has 0 aliphatic rings. The smallest absolute Gasteiger partial charge is 0.214 e. The summed E-state index contributed by atoms with van der Waals surface area (Å²) in [5.74, 6) is -0.442. The Hall–Kier alpha value is -1.42. The fourth-order valence-corrected chi connectivity index (χ4v) is 1.64. The fourth-order valence-electron chi connectivity index (χ4n) is 1.64. The van der Waals surface area contributed by atoms with Crippen LogP contribution in [0.1, 0.15) is 12.5 Å². The van der Waals surface area contributed by atoms with Gasteiger partial charge in [0.15, 0.2) is 0 Å². The first-order valence-electron chi connectivity index (χ1n) is 5.14. The summed E-state index contributed by atoms with van der Waals surface area (Å²) in [5, 5.41) is 4.26. The van der Waals surface area contributed by atoms with E-state index < -0.39 is 5.95 Å². The van der Waals surface area contributed by atoms with Gasteiger partial charge in [-0.3, -0.25) is 0 Å². The van der Waals surface area contributed by atoms with E-state index in [9.17, 15) is 4.39 Å². The predicted octanol–water partition coefficient (Wildman–Crippen LogP) is 1.85. The van der Waals surface area contributed by atoms with Crippen LogP contribution in [-0.4, -0.2) is 23.1 Å². The Bertz CT molecular complexity index is 450. The van der Waals surface area contributed by atoms with E-state index in [4.69, 9.17) is 0 Å². The number of hydrogen-bond donors (Lipinski definition) is 2. The van der Waals surface area contributed by atoms with Crippen molar-refractivity contribution >= 4 is 11.0 Å². The molecule has 0 unspecified atom stereocenters. The second-order valence-corrected chi connectivity index (χ2v) is 3.45. The second kappa shape index (κ2) is 4.40. The number of hydrogen-bond acceptors (Lipinski definition) is 2. The highest BCUT2D eigenvalue weighted by Gasteiger charge is 2.04. The molecule has 0 aliphatic heterocycles. The number of aromatic nitrogens is 2. The largest absolute Gasteiger partial charge is 0.346 e. The van der Waals surface area contributed by atoms with Gasteiger partial charge in [0.2, 0.25) is 5.95 Å². The molecule has 0 aliphatic carbocycles. The monoisotopic (exact) mass is 207 g/mol. The molecule has 0 saturated carbocycles. The topological polar surface area (TPSA) is 40.7 Å². The Morgan fingerprint density at radius 3 is 3.13 bits per heavy atom. The van der Waals surface area contributed by atoms with Gasteiger partial charge >= 0.3 is 0 Å². The molecule has 2 rings (SSSR count). The second-order valence-electron chi connectivity index (χ2n) is 3.45. The first-order valence-corrected chi connectivity index (χ1v) is 5.14. The molecule has 80 valence electrons. The molecule has 0 bridgehead atoms. The van der Waals surface area contributed by atoms with E-state index in [1.54, 1.807) is 6.07 Å². The zero-order valence-electron chi connectivity index (χ0n) is 8.68. The van der Waals surface area contributed by atoms with Crippen LogP contribution in [0.4, 0.5) is 4.39 Å². The molecule has 0 spiro atoms. The molecule has 2 aromatic heterocycles. The van der Waals surface area contributed by atoms with E-state index in [0.29, 0.717) is 5.65 Å². The Labute approximate surface area is 87.7 Å². The van der Waals surface area contributed by atoms with Crippen LogP contribution in [0.25, 0.3) is 11.0 Å². The van der Waals surface area contributed by atoms with Crippen molar-refractivity contribution in [2.45, 2.75) is 13.3 Å². The van der Waals surface area contributed by atoms with Crippen molar-refractivity contribution in [1.29, 1.82) is 0 Å². The number of fused-ring (bicyclic) bond motifs is 1. The van der Waals surface area contributed by atoms with Crippen LogP contribution < -0.4 is 5.32 Å². The molecule has 0 aromatic carbocycles. The number of halogens is 1. The van der Waals surface area contributed by atoms with Crippen molar-refractivity contribution in [3.8, 4) is 0 Å². The minimum absolute atomic E-state index is 0.442. The van der Waals surface area contributed by atoms with Crippen molar-refractivity contribution in [2.75, 3.05) is 13.1 Å². The molecule has 2 N–H and O–H groups in total. The first-order chi connectivity index (χ1) is 7.31. The first kappa shape index (κ1) is 10.1. The Balaban J connectivity index is 2.21. The van der Waals surface area contributed by atoms with Crippen LogP contribution in [0.15, 0.2) is 18.3 Å². The highest BCUT2D eigenvalue weighted by Crippen LogP contribution is 2.16. The molecule has 15 heavy (non-hydrogen) atoms. The lowest BCUT2D eigenvalue weighted by Crippen LogP contribution is -2.15. The lowest BCUT2D eigenvalue weighted by Gasteiger charge is -1.99. The van der Waals surface area contributed by atoms with Crippen LogP contribution in [0.5, 0.6) is 0 Å². The Morgan fingerprint density at radius 2 is 2.33 bits per heavy atom. The average Bonchev–Trinajstić information content (AvgIpc) is 2.61. The number of nitrogens with zero attached hydrogens (tertiary/aromatic N) is 1. The molecule has 0 atom stereocenters. The molecule has 4 heteroatoms. The number of H-pyrrole nitrogens is 1. The fraction of sp³-hybridized carbons (Fsp3) is 0.364. The molecular formula is C11H14FN3. The van der Waals surface area contributed by atoms with Crippen molar-refractivity contribution in [2.24, 2.45) is 0 Å². The standard InChI is InChI=1S/C11H14FN3/c1-2-13-6-5-8-7-14-11-9(8)3-4-10(12)15-11/h3-4,7,13H,2,5-6H2,1H3,(H,14,15). The van der Waals surface area contributed by atoms with Crippen molar-refractivity contribution in [3.05, 3.63) is 29.8 Å². The van der Waals surface area contributed by atoms with Crippen LogP contribution in [0.3, 0.4) is 0 Å². The van der Waals surface area contributed by atoms with Gasteiger partial charge in [0.1, 0.15) is 5.65 Å². The normalized spacial score (nSPS) is 11.1. The zero-order valence-corrected chi connectivity index (χ0v) is 8.68. The maximum atomic E-state index is 12.8. The lowest BCUT2D eigenvalue weighted by atomic mass is 10.1. The van der Waals surface area contributed by atoms with Gasteiger partial charge in [-0.15, -0.1) is 0 Å². The van der Waals surface area contributed by atoms with Crippen LogP contribution in [0, 0.1) is 5.95 Å². The van der Waals surface area contributed by atoms with Crippen LogP contribution in [-0.2, 0) is 6.42 Å². The minimum atomic E-state index is -0.442. The van der Waals surface area contributed by atoms with E-state index in [2.05, 4.69) is 22.2 Å². The molecule has 0 radical (unpaired) electrons. The third-order valence-electron chi connectivity index (χ3n) is 2.41. The Morgan fingerprint density at radius 1 is 1.47 bits per heavy atom. The summed E-state index contributed by atoms with van der Waals surface area (Å²) >= 11 is 0. The van der Waals surface area contributed by atoms with Gasteiger partial charge < -0.3 is 10.3 Å². The maximum Gasteiger partial charge on any atom is 0.214 e. The van der Waals surface area contributed by atoms with Crippen molar-refractivity contribution < 1.29 is 4.39 Å². The molecule has 2 aromatic rings. The molecule has 3 nitrogen and oxygen atoms in total. The third-order valence-corrected chi connectivity index (χ3v) is 2.41. The van der Waals surface area contributed by atoms with Gasteiger partial charge in [-0.05, 0) is 37.2 Å². The Kier molecular flexibility index (Phi) is 2.97.